The highest BCUT2D eigenvalue weighted by Gasteiger charge is 2.23. The fraction of sp³-hybridized carbons (Fsp3) is 0.278. The third kappa shape index (κ3) is 4.96. The molecule has 0 saturated carbocycles. The van der Waals surface area contributed by atoms with E-state index in [0.29, 0.717) is 0 Å². The van der Waals surface area contributed by atoms with Gasteiger partial charge in [-0.25, -0.2) is 8.42 Å². The Morgan fingerprint density at radius 1 is 1.18 bits per heavy atom. The minimum Gasteiger partial charge on any atom is -0.506 e. The van der Waals surface area contributed by atoms with Gasteiger partial charge in [-0.05, 0) is 36.4 Å². The van der Waals surface area contributed by atoms with Crippen molar-refractivity contribution in [2.24, 2.45) is 0 Å². The lowest BCUT2D eigenvalue weighted by molar-refractivity contribution is -0.0498. The first kappa shape index (κ1) is 21.6. The van der Waals surface area contributed by atoms with Crippen LogP contribution in [0.2, 0.25) is 0 Å². The van der Waals surface area contributed by atoms with Crippen LogP contribution >= 0.6 is 0 Å². The van der Waals surface area contributed by atoms with E-state index in [9.17, 15) is 27.1 Å². The molecule has 0 atom stereocenters. The molecule has 2 N–H and O–H groups in total. The van der Waals surface area contributed by atoms with Gasteiger partial charge in [0.25, 0.3) is 5.91 Å². The quantitative estimate of drug-likeness (QED) is 0.647. The zero-order valence-corrected chi connectivity index (χ0v) is 16.0. The van der Waals surface area contributed by atoms with Gasteiger partial charge in [-0.3, -0.25) is 4.79 Å². The Bertz CT molecular complexity index is 947. The number of alkyl halides is 2. The molecule has 0 fully saturated rings. The molecule has 152 valence electrons. The third-order valence-corrected chi connectivity index (χ3v) is 5.93. The molecule has 0 bridgehead atoms. The Balaban J connectivity index is 2.30. The Hall–Kier alpha value is -2.72. The minimum absolute atomic E-state index is 0.00504. The molecule has 2 aromatic carbocycles. The van der Waals surface area contributed by atoms with Crippen LogP contribution in [0, 0.1) is 0 Å². The number of carbonyl (C=O) groups excluding carboxylic acids is 1. The van der Waals surface area contributed by atoms with Crippen molar-refractivity contribution in [1.82, 2.24) is 4.31 Å². The second-order valence-electron chi connectivity index (χ2n) is 5.63. The molecule has 0 saturated heterocycles. The number of sulfonamides is 1. The van der Waals surface area contributed by atoms with Gasteiger partial charge in [-0.2, -0.15) is 13.1 Å². The van der Waals surface area contributed by atoms with E-state index in [1.807, 2.05) is 0 Å². The summed E-state index contributed by atoms with van der Waals surface area (Å²) in [6.45, 7) is 0.873. The lowest BCUT2D eigenvalue weighted by Crippen LogP contribution is -2.30. The summed E-state index contributed by atoms with van der Waals surface area (Å²) in [7, 11) is -3.79. The molecular formula is C18H20F2N2O5S. The van der Waals surface area contributed by atoms with Crippen LogP contribution in [0.3, 0.4) is 0 Å². The van der Waals surface area contributed by atoms with Gasteiger partial charge in [0.2, 0.25) is 10.0 Å². The van der Waals surface area contributed by atoms with Crippen LogP contribution in [0.15, 0.2) is 47.4 Å². The van der Waals surface area contributed by atoms with E-state index >= 15 is 0 Å². The van der Waals surface area contributed by atoms with Gasteiger partial charge in [0.1, 0.15) is 11.5 Å². The largest absolute Gasteiger partial charge is 0.506 e. The number of phenols is 1. The molecule has 2 rings (SSSR count). The fourth-order valence-electron chi connectivity index (χ4n) is 2.50. The SMILES string of the molecule is CCN(CC)S(=O)(=O)c1ccc(O)c(NC(=O)c2cccc(OC(F)F)c2)c1. The normalized spacial score (nSPS) is 11.6. The summed E-state index contributed by atoms with van der Waals surface area (Å²) >= 11 is 0. The second kappa shape index (κ2) is 8.98. The summed E-state index contributed by atoms with van der Waals surface area (Å²) in [5.41, 5.74) is -0.132. The number of ether oxygens (including phenoxy) is 1. The van der Waals surface area contributed by atoms with Crippen molar-refractivity contribution in [3.63, 3.8) is 0 Å². The van der Waals surface area contributed by atoms with E-state index in [2.05, 4.69) is 10.1 Å². The topological polar surface area (TPSA) is 95.9 Å². The number of hydrogen-bond acceptors (Lipinski definition) is 5. The smallest absolute Gasteiger partial charge is 0.387 e. The molecule has 28 heavy (non-hydrogen) atoms. The van der Waals surface area contributed by atoms with Crippen LogP contribution in [0.1, 0.15) is 24.2 Å². The molecule has 0 aliphatic heterocycles. The molecule has 0 aromatic heterocycles. The number of nitrogens with one attached hydrogen (secondary N) is 1. The first-order chi connectivity index (χ1) is 13.2. The van der Waals surface area contributed by atoms with E-state index < -0.39 is 22.5 Å². The Kier molecular flexibility index (Phi) is 6.92. The van der Waals surface area contributed by atoms with Crippen LogP contribution < -0.4 is 10.1 Å². The summed E-state index contributed by atoms with van der Waals surface area (Å²) in [5, 5.41) is 12.4. The number of halogens is 2. The van der Waals surface area contributed by atoms with Crippen LogP contribution in [0.4, 0.5) is 14.5 Å². The lowest BCUT2D eigenvalue weighted by atomic mass is 10.2. The van der Waals surface area contributed by atoms with E-state index in [4.69, 9.17) is 0 Å². The number of carbonyl (C=O) groups is 1. The highest BCUT2D eigenvalue weighted by atomic mass is 32.2. The predicted molar refractivity (Wildman–Crippen MR) is 99.2 cm³/mol. The van der Waals surface area contributed by atoms with Gasteiger partial charge in [0.15, 0.2) is 0 Å². The van der Waals surface area contributed by atoms with Crippen molar-refractivity contribution in [1.29, 1.82) is 0 Å². The lowest BCUT2D eigenvalue weighted by Gasteiger charge is -2.19. The van der Waals surface area contributed by atoms with E-state index in [-0.39, 0.29) is 40.7 Å². The molecular weight excluding hydrogens is 394 g/mol. The van der Waals surface area contributed by atoms with Crippen LogP contribution in [0.25, 0.3) is 0 Å². The number of phenolic OH excluding ortho intramolecular Hbond substituents is 1. The molecule has 7 nitrogen and oxygen atoms in total. The van der Waals surface area contributed by atoms with Crippen LogP contribution in [0.5, 0.6) is 11.5 Å². The summed E-state index contributed by atoms with van der Waals surface area (Å²) in [4.78, 5) is 12.3. The summed E-state index contributed by atoms with van der Waals surface area (Å²) in [5.74, 6) is -1.27. The first-order valence-corrected chi connectivity index (χ1v) is 9.82. The number of anilines is 1. The predicted octanol–water partition coefficient (Wildman–Crippen LogP) is 3.28. The molecule has 0 aliphatic rings. The van der Waals surface area contributed by atoms with Crippen molar-refractivity contribution in [3.05, 3.63) is 48.0 Å². The first-order valence-electron chi connectivity index (χ1n) is 8.38. The Morgan fingerprint density at radius 3 is 2.46 bits per heavy atom. The molecule has 1 amide bonds. The van der Waals surface area contributed by atoms with Gasteiger partial charge in [0, 0.05) is 18.7 Å². The monoisotopic (exact) mass is 414 g/mol. The number of nitrogens with zero attached hydrogens (tertiary/aromatic N) is 1. The highest BCUT2D eigenvalue weighted by Crippen LogP contribution is 2.28. The molecule has 0 spiro atoms. The molecule has 0 unspecified atom stereocenters. The summed E-state index contributed by atoms with van der Waals surface area (Å²) < 4.78 is 55.3. The third-order valence-electron chi connectivity index (χ3n) is 3.88. The van der Waals surface area contributed by atoms with Gasteiger partial charge in [-0.1, -0.05) is 19.9 Å². The minimum atomic E-state index is -3.79. The Morgan fingerprint density at radius 2 is 1.86 bits per heavy atom. The van der Waals surface area contributed by atoms with E-state index in [1.54, 1.807) is 13.8 Å². The number of hydrogen-bond donors (Lipinski definition) is 2. The molecule has 2 aromatic rings. The number of aromatic hydroxyl groups is 1. The van der Waals surface area contributed by atoms with Crippen molar-refractivity contribution in [2.45, 2.75) is 25.4 Å². The standard InChI is InChI=1S/C18H20F2N2O5S/c1-3-22(4-2)28(25,26)14-8-9-16(23)15(11-14)21-17(24)12-6-5-7-13(10-12)27-18(19)20/h5-11,18,23H,3-4H2,1-2H3,(H,21,24). The van der Waals surface area contributed by atoms with Gasteiger partial charge >= 0.3 is 6.61 Å². The van der Waals surface area contributed by atoms with Crippen LogP contribution in [-0.4, -0.2) is 43.4 Å². The van der Waals surface area contributed by atoms with E-state index in [0.717, 1.165) is 18.2 Å². The van der Waals surface area contributed by atoms with E-state index in [1.165, 1.54) is 28.6 Å². The maximum absolute atomic E-state index is 12.6. The average Bonchev–Trinajstić information content (AvgIpc) is 2.63. The zero-order chi connectivity index (χ0) is 20.9. The zero-order valence-electron chi connectivity index (χ0n) is 15.2. The number of amides is 1. The van der Waals surface area contributed by atoms with Crippen molar-refractivity contribution >= 4 is 21.6 Å². The Labute approximate surface area is 161 Å². The van der Waals surface area contributed by atoms with Crippen molar-refractivity contribution in [3.8, 4) is 11.5 Å². The maximum Gasteiger partial charge on any atom is 0.387 e. The summed E-state index contributed by atoms with van der Waals surface area (Å²) in [6, 6.07) is 8.61. The van der Waals surface area contributed by atoms with Gasteiger partial charge in [0.05, 0.1) is 10.6 Å². The van der Waals surface area contributed by atoms with Gasteiger partial charge in [-0.15, -0.1) is 0 Å². The average molecular weight is 414 g/mol. The van der Waals surface area contributed by atoms with Gasteiger partial charge < -0.3 is 15.2 Å². The number of benzene rings is 2. The fourth-order valence-corrected chi connectivity index (χ4v) is 3.98. The number of rotatable bonds is 8. The molecule has 0 heterocycles. The van der Waals surface area contributed by atoms with Crippen molar-refractivity contribution in [2.75, 3.05) is 18.4 Å². The second-order valence-corrected chi connectivity index (χ2v) is 7.57. The molecule has 0 radical (unpaired) electrons. The molecule has 10 heteroatoms. The molecule has 0 aliphatic carbocycles. The van der Waals surface area contributed by atoms with Crippen molar-refractivity contribution < 1.29 is 31.8 Å². The maximum atomic E-state index is 12.6. The van der Waals surface area contributed by atoms with Crippen LogP contribution in [-0.2, 0) is 10.0 Å². The summed E-state index contributed by atoms with van der Waals surface area (Å²) in [6.07, 6.45) is 0. The highest BCUT2D eigenvalue weighted by molar-refractivity contribution is 7.89.